The average Bonchev–Trinajstić information content (AvgIpc) is 2.34. The maximum Gasteiger partial charge on any atom is 0.407 e. The van der Waals surface area contributed by atoms with Gasteiger partial charge < -0.3 is 15.8 Å². The first-order chi connectivity index (χ1) is 8.50. The van der Waals surface area contributed by atoms with Crippen molar-refractivity contribution in [1.82, 2.24) is 5.32 Å². The van der Waals surface area contributed by atoms with Crippen molar-refractivity contribution in [3.05, 3.63) is 35.9 Å². The minimum Gasteiger partial charge on any atom is -0.449 e. The predicted molar refractivity (Wildman–Crippen MR) is 75.3 cm³/mol. The molecule has 0 heterocycles. The Morgan fingerprint density at radius 3 is 2.50 bits per heavy atom. The summed E-state index contributed by atoms with van der Waals surface area (Å²) >= 11 is 4.96. The van der Waals surface area contributed by atoms with Crippen LogP contribution in [0.2, 0.25) is 0 Å². The van der Waals surface area contributed by atoms with Gasteiger partial charge in [-0.3, -0.25) is 0 Å². The van der Waals surface area contributed by atoms with Gasteiger partial charge in [-0.05, 0) is 11.5 Å². The lowest BCUT2D eigenvalue weighted by Crippen LogP contribution is -2.37. The van der Waals surface area contributed by atoms with Crippen molar-refractivity contribution in [2.75, 3.05) is 6.61 Å². The second kappa shape index (κ2) is 6.96. The van der Waals surface area contributed by atoms with Gasteiger partial charge in [0.05, 0.1) is 6.61 Å². The number of rotatable bonds is 5. The molecule has 0 aliphatic carbocycles. The SMILES string of the molecule is CC(C)COC(=O)NC(C(N)=S)c1ccccc1. The molecule has 0 aliphatic rings. The molecule has 0 saturated carbocycles. The van der Waals surface area contributed by atoms with Crippen LogP contribution in [0.1, 0.15) is 25.5 Å². The van der Waals surface area contributed by atoms with Gasteiger partial charge in [-0.1, -0.05) is 56.4 Å². The number of nitrogens with one attached hydrogen (secondary N) is 1. The molecule has 18 heavy (non-hydrogen) atoms. The molecule has 0 radical (unpaired) electrons. The minimum absolute atomic E-state index is 0.211. The molecular weight excluding hydrogens is 248 g/mol. The number of alkyl carbamates (subject to hydrolysis) is 1. The van der Waals surface area contributed by atoms with E-state index in [9.17, 15) is 4.79 Å². The zero-order valence-electron chi connectivity index (χ0n) is 10.6. The van der Waals surface area contributed by atoms with Crippen molar-refractivity contribution >= 4 is 23.3 Å². The monoisotopic (exact) mass is 266 g/mol. The van der Waals surface area contributed by atoms with Gasteiger partial charge >= 0.3 is 6.09 Å². The third-order valence-electron chi connectivity index (χ3n) is 2.23. The Bertz CT molecular complexity index is 407. The number of amides is 1. The average molecular weight is 266 g/mol. The van der Waals surface area contributed by atoms with Crippen molar-refractivity contribution < 1.29 is 9.53 Å². The van der Waals surface area contributed by atoms with Crippen LogP contribution in [0.15, 0.2) is 30.3 Å². The number of ether oxygens (including phenoxy) is 1. The van der Waals surface area contributed by atoms with E-state index in [1.807, 2.05) is 44.2 Å². The fraction of sp³-hybridized carbons (Fsp3) is 0.385. The summed E-state index contributed by atoms with van der Waals surface area (Å²) in [6.07, 6.45) is -0.509. The van der Waals surface area contributed by atoms with Crippen LogP contribution >= 0.6 is 12.2 Å². The van der Waals surface area contributed by atoms with Crippen LogP contribution in [0.25, 0.3) is 0 Å². The summed E-state index contributed by atoms with van der Waals surface area (Å²) < 4.78 is 5.04. The molecule has 1 aromatic carbocycles. The van der Waals surface area contributed by atoms with Crippen LogP contribution in [0.4, 0.5) is 4.79 Å². The van der Waals surface area contributed by atoms with Crippen LogP contribution in [0.3, 0.4) is 0 Å². The molecule has 98 valence electrons. The van der Waals surface area contributed by atoms with Crippen LogP contribution in [-0.2, 0) is 4.74 Å². The van der Waals surface area contributed by atoms with Crippen LogP contribution in [0.5, 0.6) is 0 Å². The first kappa shape index (κ1) is 14.4. The van der Waals surface area contributed by atoms with E-state index in [2.05, 4.69) is 5.32 Å². The van der Waals surface area contributed by atoms with Crippen molar-refractivity contribution in [2.24, 2.45) is 11.7 Å². The lowest BCUT2D eigenvalue weighted by atomic mass is 10.1. The largest absolute Gasteiger partial charge is 0.449 e. The maximum absolute atomic E-state index is 11.6. The van der Waals surface area contributed by atoms with Crippen molar-refractivity contribution in [3.63, 3.8) is 0 Å². The fourth-order valence-electron chi connectivity index (χ4n) is 1.37. The number of benzene rings is 1. The molecule has 0 aromatic heterocycles. The molecule has 0 bridgehead atoms. The highest BCUT2D eigenvalue weighted by atomic mass is 32.1. The molecule has 0 fully saturated rings. The van der Waals surface area contributed by atoms with Crippen molar-refractivity contribution in [3.8, 4) is 0 Å². The smallest absolute Gasteiger partial charge is 0.407 e. The Morgan fingerprint density at radius 1 is 1.39 bits per heavy atom. The van der Waals surface area contributed by atoms with E-state index in [1.54, 1.807) is 0 Å². The molecular formula is C13H18N2O2S. The normalized spacial score (nSPS) is 11.9. The van der Waals surface area contributed by atoms with Crippen molar-refractivity contribution in [2.45, 2.75) is 19.9 Å². The first-order valence-electron chi connectivity index (χ1n) is 5.78. The number of carbonyl (C=O) groups is 1. The highest BCUT2D eigenvalue weighted by Crippen LogP contribution is 2.13. The zero-order valence-corrected chi connectivity index (χ0v) is 11.4. The molecule has 0 saturated heterocycles. The number of hydrogen-bond acceptors (Lipinski definition) is 3. The van der Waals surface area contributed by atoms with Gasteiger partial charge in [-0.15, -0.1) is 0 Å². The summed E-state index contributed by atoms with van der Waals surface area (Å²) in [5.41, 5.74) is 6.47. The molecule has 0 aliphatic heterocycles. The summed E-state index contributed by atoms with van der Waals surface area (Å²) in [6, 6.07) is 8.82. The zero-order chi connectivity index (χ0) is 13.5. The molecule has 1 rings (SSSR count). The van der Waals surface area contributed by atoms with Gasteiger partial charge in [0.25, 0.3) is 0 Å². The van der Waals surface area contributed by atoms with Crippen molar-refractivity contribution in [1.29, 1.82) is 0 Å². The number of carbonyl (C=O) groups excluding carboxylic acids is 1. The van der Waals surface area contributed by atoms with Gasteiger partial charge in [0.2, 0.25) is 0 Å². The number of nitrogens with two attached hydrogens (primary N) is 1. The van der Waals surface area contributed by atoms with Crippen LogP contribution in [0, 0.1) is 5.92 Å². The van der Waals surface area contributed by atoms with Gasteiger partial charge in [0, 0.05) is 0 Å². The fourth-order valence-corrected chi connectivity index (χ4v) is 1.56. The molecule has 1 unspecified atom stereocenters. The second-order valence-electron chi connectivity index (χ2n) is 4.38. The molecule has 4 nitrogen and oxygen atoms in total. The van der Waals surface area contributed by atoms with Gasteiger partial charge in [-0.2, -0.15) is 0 Å². The lowest BCUT2D eigenvalue weighted by molar-refractivity contribution is 0.131. The molecule has 3 N–H and O–H groups in total. The Labute approximate surface area is 113 Å². The van der Waals surface area contributed by atoms with Gasteiger partial charge in [0.15, 0.2) is 0 Å². The van der Waals surface area contributed by atoms with E-state index in [0.29, 0.717) is 6.61 Å². The van der Waals surface area contributed by atoms with Gasteiger partial charge in [-0.25, -0.2) is 4.79 Å². The van der Waals surface area contributed by atoms with E-state index < -0.39 is 12.1 Å². The molecule has 1 atom stereocenters. The quantitative estimate of drug-likeness (QED) is 0.803. The van der Waals surface area contributed by atoms with E-state index in [1.165, 1.54) is 0 Å². The van der Waals surface area contributed by atoms with Gasteiger partial charge in [0.1, 0.15) is 11.0 Å². The number of thiocarbonyl (C=S) groups is 1. The second-order valence-corrected chi connectivity index (χ2v) is 4.85. The summed E-state index contributed by atoms with van der Waals surface area (Å²) in [7, 11) is 0. The third kappa shape index (κ3) is 4.71. The lowest BCUT2D eigenvalue weighted by Gasteiger charge is -2.18. The standard InChI is InChI=1S/C13H18N2O2S/c1-9(2)8-17-13(16)15-11(12(14)18)10-6-4-3-5-7-10/h3-7,9,11H,8H2,1-2H3,(H2,14,18)(H,15,16). The highest BCUT2D eigenvalue weighted by Gasteiger charge is 2.17. The molecule has 1 amide bonds. The maximum atomic E-state index is 11.6. The molecule has 0 spiro atoms. The molecule has 5 heteroatoms. The Morgan fingerprint density at radius 2 is 2.00 bits per heavy atom. The summed E-state index contributed by atoms with van der Waals surface area (Å²) in [5, 5.41) is 2.66. The van der Waals surface area contributed by atoms with Crippen LogP contribution in [-0.4, -0.2) is 17.7 Å². The molecule has 1 aromatic rings. The van der Waals surface area contributed by atoms with E-state index in [0.717, 1.165) is 5.56 Å². The van der Waals surface area contributed by atoms with E-state index in [4.69, 9.17) is 22.7 Å². The number of hydrogen-bond donors (Lipinski definition) is 2. The van der Waals surface area contributed by atoms with E-state index in [-0.39, 0.29) is 10.9 Å². The summed E-state index contributed by atoms with van der Waals surface area (Å²) in [5.74, 6) is 0.288. The van der Waals surface area contributed by atoms with Crippen LogP contribution < -0.4 is 11.1 Å². The topological polar surface area (TPSA) is 64.3 Å². The first-order valence-corrected chi connectivity index (χ1v) is 6.19. The third-order valence-corrected chi connectivity index (χ3v) is 2.46. The Balaban J connectivity index is 2.65. The Kier molecular flexibility index (Phi) is 5.58. The summed E-state index contributed by atoms with van der Waals surface area (Å²) in [4.78, 5) is 11.8. The predicted octanol–water partition coefficient (Wildman–Crippen LogP) is 2.40. The summed E-state index contributed by atoms with van der Waals surface area (Å²) in [6.45, 7) is 4.30. The van der Waals surface area contributed by atoms with E-state index >= 15 is 0 Å². The highest BCUT2D eigenvalue weighted by molar-refractivity contribution is 7.80. The Hall–Kier alpha value is -1.62. The minimum atomic E-state index is -0.509.